The number of methoxy groups -OCH3 is 2. The molecule has 0 spiro atoms. The van der Waals surface area contributed by atoms with Crippen molar-refractivity contribution in [3.8, 4) is 11.5 Å². The number of aliphatic hydroxyl groups is 1. The molecule has 1 aromatic carbocycles. The van der Waals surface area contributed by atoms with Crippen LogP contribution in [0, 0.1) is 6.92 Å². The summed E-state index contributed by atoms with van der Waals surface area (Å²) in [5.41, 5.74) is 1.72. The molecular formula is C15H19N3O4. The van der Waals surface area contributed by atoms with E-state index in [0.29, 0.717) is 37.1 Å². The van der Waals surface area contributed by atoms with E-state index in [0.717, 1.165) is 16.9 Å². The van der Waals surface area contributed by atoms with Crippen molar-refractivity contribution in [3.63, 3.8) is 0 Å². The van der Waals surface area contributed by atoms with Crippen LogP contribution in [0.2, 0.25) is 0 Å². The quantitative estimate of drug-likeness (QED) is 0.915. The molecule has 0 aliphatic carbocycles. The van der Waals surface area contributed by atoms with Crippen LogP contribution in [0.25, 0.3) is 0 Å². The number of rotatable bonds is 4. The summed E-state index contributed by atoms with van der Waals surface area (Å²) in [5.74, 6) is 2.56. The number of aryl methyl sites for hydroxylation is 1. The highest BCUT2D eigenvalue weighted by atomic mass is 16.5. The van der Waals surface area contributed by atoms with E-state index in [4.69, 9.17) is 14.0 Å². The molecule has 0 radical (unpaired) electrons. The molecule has 22 heavy (non-hydrogen) atoms. The predicted molar refractivity (Wildman–Crippen MR) is 77.7 cm³/mol. The van der Waals surface area contributed by atoms with Crippen LogP contribution in [0.15, 0.2) is 16.7 Å². The first-order valence-electron chi connectivity index (χ1n) is 7.05. The summed E-state index contributed by atoms with van der Waals surface area (Å²) in [6.07, 6.45) is -0.655. The summed E-state index contributed by atoms with van der Waals surface area (Å²) in [4.78, 5) is 6.25. The Kier molecular flexibility index (Phi) is 4.00. The second-order valence-electron chi connectivity index (χ2n) is 5.28. The van der Waals surface area contributed by atoms with Gasteiger partial charge in [0.1, 0.15) is 11.5 Å². The molecule has 7 nitrogen and oxygen atoms in total. The molecule has 2 heterocycles. The Morgan fingerprint density at radius 3 is 2.68 bits per heavy atom. The van der Waals surface area contributed by atoms with Crippen molar-refractivity contribution in [1.82, 2.24) is 15.0 Å². The zero-order valence-corrected chi connectivity index (χ0v) is 12.9. The summed E-state index contributed by atoms with van der Waals surface area (Å²) in [5, 5.41) is 14.3. The van der Waals surface area contributed by atoms with E-state index in [-0.39, 0.29) is 0 Å². The zero-order valence-electron chi connectivity index (χ0n) is 12.9. The molecule has 1 N–H and O–H groups in total. The van der Waals surface area contributed by atoms with Gasteiger partial charge in [-0.3, -0.25) is 4.90 Å². The van der Waals surface area contributed by atoms with Gasteiger partial charge in [0.2, 0.25) is 5.89 Å². The number of hydrogen-bond donors (Lipinski definition) is 1. The Bertz CT molecular complexity index is 671. The molecule has 1 aliphatic heterocycles. The molecule has 3 rings (SSSR count). The standard InChI is InChI=1S/C15H19N3O4/c1-9-16-14(22-17-9)8-18-6-10-12(20-2)4-5-13(21-3)15(10)11(19)7-18/h4-5,11,19H,6-8H2,1-3H3. The normalized spacial score (nSPS) is 18.1. The highest BCUT2D eigenvalue weighted by Crippen LogP contribution is 2.39. The maximum Gasteiger partial charge on any atom is 0.240 e. The zero-order chi connectivity index (χ0) is 15.7. The third kappa shape index (κ3) is 2.65. The van der Waals surface area contributed by atoms with Crippen molar-refractivity contribution in [1.29, 1.82) is 0 Å². The van der Waals surface area contributed by atoms with Crippen molar-refractivity contribution in [2.75, 3.05) is 20.8 Å². The molecule has 0 saturated heterocycles. The monoisotopic (exact) mass is 305 g/mol. The Morgan fingerprint density at radius 1 is 1.32 bits per heavy atom. The van der Waals surface area contributed by atoms with Gasteiger partial charge in [0.05, 0.1) is 26.9 Å². The van der Waals surface area contributed by atoms with Gasteiger partial charge >= 0.3 is 0 Å². The number of benzene rings is 1. The van der Waals surface area contributed by atoms with E-state index < -0.39 is 6.10 Å². The van der Waals surface area contributed by atoms with E-state index in [1.807, 2.05) is 17.0 Å². The lowest BCUT2D eigenvalue weighted by Gasteiger charge is -2.33. The molecule has 2 aromatic rings. The van der Waals surface area contributed by atoms with Crippen molar-refractivity contribution in [3.05, 3.63) is 35.0 Å². The summed E-state index contributed by atoms with van der Waals surface area (Å²) < 4.78 is 15.9. The number of ether oxygens (including phenoxy) is 2. The van der Waals surface area contributed by atoms with Gasteiger partial charge in [-0.05, 0) is 19.1 Å². The van der Waals surface area contributed by atoms with Gasteiger partial charge in [-0.1, -0.05) is 5.16 Å². The van der Waals surface area contributed by atoms with Crippen LogP contribution in [-0.2, 0) is 13.1 Å². The minimum absolute atomic E-state index is 0.470. The van der Waals surface area contributed by atoms with Gasteiger partial charge in [0.25, 0.3) is 0 Å². The number of β-amino-alcohol motifs (C(OH)–C–C–N with tert-alkyl or cyclic N) is 1. The summed E-state index contributed by atoms with van der Waals surface area (Å²) in [7, 11) is 3.22. The molecule has 118 valence electrons. The van der Waals surface area contributed by atoms with Crippen molar-refractivity contribution < 1.29 is 19.1 Å². The number of aromatic nitrogens is 2. The Balaban J connectivity index is 1.90. The predicted octanol–water partition coefficient (Wildman–Crippen LogP) is 1.44. The first-order chi connectivity index (χ1) is 10.6. The smallest absolute Gasteiger partial charge is 0.240 e. The lowest BCUT2D eigenvalue weighted by atomic mass is 9.95. The lowest BCUT2D eigenvalue weighted by molar-refractivity contribution is 0.0779. The Labute approximate surface area is 128 Å². The lowest BCUT2D eigenvalue weighted by Crippen LogP contribution is -2.33. The van der Waals surface area contributed by atoms with E-state index in [2.05, 4.69) is 10.1 Å². The van der Waals surface area contributed by atoms with E-state index in [1.165, 1.54) is 0 Å². The van der Waals surface area contributed by atoms with Gasteiger partial charge in [-0.15, -0.1) is 0 Å². The third-order valence-corrected chi connectivity index (χ3v) is 3.79. The SMILES string of the molecule is COc1ccc(OC)c2c1CN(Cc1nc(C)no1)CC2O. The molecule has 1 unspecified atom stereocenters. The maximum atomic E-state index is 10.5. The van der Waals surface area contributed by atoms with Gasteiger partial charge < -0.3 is 19.1 Å². The van der Waals surface area contributed by atoms with Gasteiger partial charge in [-0.2, -0.15) is 4.98 Å². The Morgan fingerprint density at radius 2 is 2.05 bits per heavy atom. The molecule has 0 fully saturated rings. The third-order valence-electron chi connectivity index (χ3n) is 3.79. The fourth-order valence-electron chi connectivity index (χ4n) is 2.86. The van der Waals surface area contributed by atoms with Crippen LogP contribution in [0.5, 0.6) is 11.5 Å². The summed E-state index contributed by atoms with van der Waals surface area (Å²) >= 11 is 0. The van der Waals surface area contributed by atoms with Crippen molar-refractivity contribution in [2.45, 2.75) is 26.1 Å². The van der Waals surface area contributed by atoms with E-state index in [1.54, 1.807) is 21.1 Å². The first kappa shape index (κ1) is 14.8. The van der Waals surface area contributed by atoms with E-state index in [9.17, 15) is 5.11 Å². The van der Waals surface area contributed by atoms with Gasteiger partial charge in [0.15, 0.2) is 5.82 Å². The molecule has 1 atom stereocenters. The van der Waals surface area contributed by atoms with Crippen LogP contribution in [0.1, 0.15) is 28.9 Å². The average Bonchev–Trinajstić information content (AvgIpc) is 2.91. The van der Waals surface area contributed by atoms with Crippen LogP contribution in [0.4, 0.5) is 0 Å². The molecular weight excluding hydrogens is 286 g/mol. The van der Waals surface area contributed by atoms with Crippen LogP contribution in [0.3, 0.4) is 0 Å². The maximum absolute atomic E-state index is 10.5. The average molecular weight is 305 g/mol. The van der Waals surface area contributed by atoms with Crippen LogP contribution in [-0.4, -0.2) is 40.9 Å². The summed E-state index contributed by atoms with van der Waals surface area (Å²) in [6, 6.07) is 3.67. The highest BCUT2D eigenvalue weighted by molar-refractivity contribution is 5.51. The molecule has 0 bridgehead atoms. The first-order valence-corrected chi connectivity index (χ1v) is 7.05. The van der Waals surface area contributed by atoms with Gasteiger partial charge in [-0.25, -0.2) is 0 Å². The number of nitrogens with zero attached hydrogens (tertiary/aromatic N) is 3. The summed E-state index contributed by atoms with van der Waals surface area (Å²) in [6.45, 7) is 3.35. The number of fused-ring (bicyclic) bond motifs is 1. The van der Waals surface area contributed by atoms with Crippen molar-refractivity contribution in [2.24, 2.45) is 0 Å². The topological polar surface area (TPSA) is 80.9 Å². The molecule has 1 aliphatic rings. The fourth-order valence-corrected chi connectivity index (χ4v) is 2.86. The highest BCUT2D eigenvalue weighted by Gasteiger charge is 2.30. The van der Waals surface area contributed by atoms with Crippen molar-refractivity contribution >= 4 is 0 Å². The second-order valence-corrected chi connectivity index (χ2v) is 5.28. The molecule has 1 aromatic heterocycles. The largest absolute Gasteiger partial charge is 0.496 e. The molecule has 0 amide bonds. The minimum Gasteiger partial charge on any atom is -0.496 e. The molecule has 7 heteroatoms. The molecule has 0 saturated carbocycles. The second kappa shape index (κ2) is 5.94. The van der Waals surface area contributed by atoms with Crippen LogP contribution >= 0.6 is 0 Å². The van der Waals surface area contributed by atoms with E-state index >= 15 is 0 Å². The van der Waals surface area contributed by atoms with Gasteiger partial charge in [0, 0.05) is 24.2 Å². The number of aliphatic hydroxyl groups excluding tert-OH is 1. The number of hydrogen-bond acceptors (Lipinski definition) is 7. The fraction of sp³-hybridized carbons (Fsp3) is 0.467. The minimum atomic E-state index is -0.655. The van der Waals surface area contributed by atoms with Crippen LogP contribution < -0.4 is 9.47 Å². The Hall–Kier alpha value is -2.12.